The molecule has 8 heteroatoms. The van der Waals surface area contributed by atoms with Crippen molar-refractivity contribution < 1.29 is 49.3 Å². The molecule has 3 aromatic rings. The third kappa shape index (κ3) is 5.07. The fourth-order valence-electron chi connectivity index (χ4n) is 4.35. The van der Waals surface area contributed by atoms with Gasteiger partial charge in [-0.05, 0) is 55.8 Å². The van der Waals surface area contributed by atoms with E-state index < -0.39 is 11.6 Å². The second-order valence-electron chi connectivity index (χ2n) is 8.66. The van der Waals surface area contributed by atoms with Crippen LogP contribution in [0.25, 0.3) is 0 Å². The third-order valence-electron chi connectivity index (χ3n) is 5.91. The number of carbonyl (C=O) groups excluding carboxylic acids is 1. The van der Waals surface area contributed by atoms with E-state index in [4.69, 9.17) is 14.2 Å². The van der Waals surface area contributed by atoms with Crippen molar-refractivity contribution in [2.24, 2.45) is 0 Å². The molecule has 5 rings (SSSR count). The largest absolute Gasteiger partial charge is 1.00 e. The van der Waals surface area contributed by atoms with Crippen LogP contribution in [0.3, 0.4) is 0 Å². The van der Waals surface area contributed by atoms with Gasteiger partial charge in [0, 0.05) is 18.1 Å². The lowest BCUT2D eigenvalue weighted by Crippen LogP contribution is -3.00. The Balaban J connectivity index is 0.00000289. The first-order valence-electron chi connectivity index (χ1n) is 11.2. The van der Waals surface area contributed by atoms with E-state index in [0.717, 1.165) is 29.2 Å². The first-order valence-corrected chi connectivity index (χ1v) is 11.2. The van der Waals surface area contributed by atoms with Crippen molar-refractivity contribution in [3.05, 3.63) is 94.0 Å². The maximum absolute atomic E-state index is 15.0. The zero-order chi connectivity index (χ0) is 23.8. The number of ether oxygens (including phenoxy) is 3. The van der Waals surface area contributed by atoms with E-state index in [1.165, 1.54) is 12.1 Å². The minimum absolute atomic E-state index is 0. The van der Waals surface area contributed by atoms with Gasteiger partial charge in [-0.3, -0.25) is 0 Å². The van der Waals surface area contributed by atoms with Crippen molar-refractivity contribution in [1.29, 1.82) is 0 Å². The highest BCUT2D eigenvalue weighted by molar-refractivity contribution is 6.11. The number of rotatable bonds is 5. The van der Waals surface area contributed by atoms with Gasteiger partial charge in [0.2, 0.25) is 12.5 Å². The molecule has 0 amide bonds. The van der Waals surface area contributed by atoms with Crippen molar-refractivity contribution in [3.63, 3.8) is 0 Å². The lowest BCUT2D eigenvalue weighted by Gasteiger charge is -2.20. The predicted octanol–water partition coefficient (Wildman–Crippen LogP) is 1.87. The Morgan fingerprint density at radius 3 is 2.40 bits per heavy atom. The number of carbonyl (C=O) groups is 1. The van der Waals surface area contributed by atoms with Crippen molar-refractivity contribution in [2.75, 3.05) is 13.3 Å². The Kier molecular flexibility index (Phi) is 7.21. The molecule has 0 aromatic heterocycles. The van der Waals surface area contributed by atoms with Gasteiger partial charge in [-0.2, -0.15) is 0 Å². The smallest absolute Gasteiger partial charge is 0.338 e. The number of esters is 1. The molecule has 5 nitrogen and oxygen atoms in total. The molecule has 0 spiro atoms. The summed E-state index contributed by atoms with van der Waals surface area (Å²) in [6.45, 7) is 4.88. The monoisotopic (exact) mass is 543 g/mol. The highest BCUT2D eigenvalue weighted by atomic mass is 79.9. The lowest BCUT2D eigenvalue weighted by molar-refractivity contribution is -0.544. The van der Waals surface area contributed by atoms with E-state index in [9.17, 15) is 13.6 Å². The lowest BCUT2D eigenvalue weighted by atomic mass is 9.91. The van der Waals surface area contributed by atoms with Gasteiger partial charge in [-0.25, -0.2) is 18.2 Å². The highest BCUT2D eigenvalue weighted by Crippen LogP contribution is 2.37. The summed E-state index contributed by atoms with van der Waals surface area (Å²) in [6.07, 6.45) is 0.538. The van der Waals surface area contributed by atoms with Crippen molar-refractivity contribution in [3.8, 4) is 11.5 Å². The summed E-state index contributed by atoms with van der Waals surface area (Å²) in [4.78, 5) is 12.2. The zero-order valence-electron chi connectivity index (χ0n) is 19.3. The van der Waals surface area contributed by atoms with Crippen LogP contribution in [0.5, 0.6) is 11.5 Å². The Labute approximate surface area is 212 Å². The summed E-state index contributed by atoms with van der Waals surface area (Å²) in [5.41, 5.74) is 4.26. The molecule has 35 heavy (non-hydrogen) atoms. The van der Waals surface area contributed by atoms with Crippen molar-refractivity contribution in [2.45, 2.75) is 32.9 Å². The summed E-state index contributed by atoms with van der Waals surface area (Å²) in [5, 5.41) is 0. The maximum atomic E-state index is 15.0. The summed E-state index contributed by atoms with van der Waals surface area (Å²) in [5.74, 6) is -0.343. The number of fused-ring (bicyclic) bond motifs is 2. The van der Waals surface area contributed by atoms with Gasteiger partial charge < -0.3 is 31.2 Å². The predicted molar refractivity (Wildman–Crippen MR) is 122 cm³/mol. The van der Waals surface area contributed by atoms with Gasteiger partial charge in [0.05, 0.1) is 22.8 Å². The normalized spacial score (nSPS) is 14.0. The minimum atomic E-state index is -0.628. The van der Waals surface area contributed by atoms with Crippen LogP contribution in [-0.4, -0.2) is 35.7 Å². The molecule has 2 aliphatic heterocycles. The van der Waals surface area contributed by atoms with Gasteiger partial charge in [0.25, 0.3) is 0 Å². The fourth-order valence-corrected chi connectivity index (χ4v) is 4.35. The Morgan fingerprint density at radius 1 is 1.00 bits per heavy atom. The molecule has 0 saturated heterocycles. The summed E-state index contributed by atoms with van der Waals surface area (Å²) in [6, 6.07) is 14.6. The SMILES string of the molecule is CC(C)OC(=O)c1ccc(C[N+]2=C(c3ccc(F)cc3F)c3cc4c(cc3CC2)OCO4)cc1.[Br-]. The van der Waals surface area contributed by atoms with Crippen LogP contribution in [0.4, 0.5) is 8.78 Å². The number of benzene rings is 3. The molecule has 2 heterocycles. The minimum Gasteiger partial charge on any atom is -1.00 e. The molecular weight excluding hydrogens is 520 g/mol. The average Bonchev–Trinajstić information content (AvgIpc) is 3.26. The quantitative estimate of drug-likeness (QED) is 0.364. The van der Waals surface area contributed by atoms with E-state index in [1.54, 1.807) is 26.0 Å². The molecule has 0 bridgehead atoms. The molecule has 3 aromatic carbocycles. The summed E-state index contributed by atoms with van der Waals surface area (Å²) < 4.78 is 47.0. The standard InChI is InChI=1S/C27H24F2NO4.BrH/c1-16(2)34-27(31)18-5-3-17(4-6-18)14-30-10-9-19-11-24-25(33-15-32-24)13-22(19)26(30)21-8-7-20(28)12-23(21)29;/h3-8,11-13,16H,9-10,14-15H2,1-2H3;1H/q+1;/p-1. The van der Waals surface area contributed by atoms with E-state index in [0.29, 0.717) is 41.4 Å². The fraction of sp³-hybridized carbons (Fsp3) is 0.259. The molecule has 0 saturated carbocycles. The molecule has 2 aliphatic rings. The Hall–Kier alpha value is -3.26. The molecular formula is C27H24BrF2NO4. The molecule has 0 fully saturated rings. The van der Waals surface area contributed by atoms with Crippen molar-refractivity contribution >= 4 is 11.7 Å². The molecule has 0 unspecified atom stereocenters. The second kappa shape index (κ2) is 10.2. The van der Waals surface area contributed by atoms with Crippen LogP contribution >= 0.6 is 0 Å². The molecule has 0 atom stereocenters. The first-order chi connectivity index (χ1) is 16.4. The maximum Gasteiger partial charge on any atom is 0.338 e. The second-order valence-corrected chi connectivity index (χ2v) is 8.66. The summed E-state index contributed by atoms with van der Waals surface area (Å²) >= 11 is 0. The number of nitrogens with zero attached hydrogens (tertiary/aromatic N) is 1. The number of halogens is 3. The Morgan fingerprint density at radius 2 is 1.71 bits per heavy atom. The van der Waals surface area contributed by atoms with E-state index in [-0.39, 0.29) is 35.8 Å². The van der Waals surface area contributed by atoms with Crippen molar-refractivity contribution in [1.82, 2.24) is 0 Å². The van der Waals surface area contributed by atoms with E-state index in [1.807, 2.05) is 24.3 Å². The van der Waals surface area contributed by atoms with Gasteiger partial charge in [-0.1, -0.05) is 12.1 Å². The van der Waals surface area contributed by atoms with Gasteiger partial charge in [0.1, 0.15) is 18.2 Å². The molecule has 182 valence electrons. The van der Waals surface area contributed by atoms with Crippen LogP contribution in [0.1, 0.15) is 46.5 Å². The van der Waals surface area contributed by atoms with Crippen LogP contribution in [0.15, 0.2) is 54.6 Å². The molecule has 0 radical (unpaired) electrons. The van der Waals surface area contributed by atoms with E-state index >= 15 is 0 Å². The van der Waals surface area contributed by atoms with Crippen LogP contribution in [0.2, 0.25) is 0 Å². The van der Waals surface area contributed by atoms with Crippen LogP contribution in [-0.2, 0) is 17.7 Å². The Bertz CT molecular complexity index is 1310. The number of hydrogen-bond donors (Lipinski definition) is 0. The summed E-state index contributed by atoms with van der Waals surface area (Å²) in [7, 11) is 0. The zero-order valence-corrected chi connectivity index (χ0v) is 20.9. The van der Waals surface area contributed by atoms with Gasteiger partial charge >= 0.3 is 5.97 Å². The van der Waals surface area contributed by atoms with Gasteiger partial charge in [0.15, 0.2) is 18.0 Å². The van der Waals surface area contributed by atoms with Crippen LogP contribution in [0, 0.1) is 11.6 Å². The molecule has 0 N–H and O–H groups in total. The van der Waals surface area contributed by atoms with Crippen LogP contribution < -0.4 is 26.5 Å². The number of hydrogen-bond acceptors (Lipinski definition) is 4. The van der Waals surface area contributed by atoms with E-state index in [2.05, 4.69) is 4.58 Å². The highest BCUT2D eigenvalue weighted by Gasteiger charge is 2.32. The average molecular weight is 544 g/mol. The first kappa shape index (κ1) is 24.9. The molecule has 0 aliphatic carbocycles. The third-order valence-corrected chi connectivity index (χ3v) is 5.91. The van der Waals surface area contributed by atoms with Gasteiger partial charge in [-0.15, -0.1) is 0 Å². The topological polar surface area (TPSA) is 47.8 Å².